The average Bonchev–Trinajstić information content (AvgIpc) is 3.08. The fourth-order valence-electron chi connectivity index (χ4n) is 2.30. The molecule has 1 heterocycles. The Morgan fingerprint density at radius 3 is 3.05 bits per heavy atom. The number of urea groups is 1. The Labute approximate surface area is 118 Å². The normalized spacial score (nSPS) is 22.7. The molecule has 2 rings (SSSR count). The average molecular weight is 278 g/mol. The van der Waals surface area contributed by atoms with E-state index in [-0.39, 0.29) is 24.6 Å². The molecule has 110 valence electrons. The fourth-order valence-corrected chi connectivity index (χ4v) is 2.30. The lowest BCUT2D eigenvalue weighted by atomic mass is 10.1. The van der Waals surface area contributed by atoms with Gasteiger partial charge in [0.05, 0.1) is 0 Å². The summed E-state index contributed by atoms with van der Waals surface area (Å²) in [6.07, 6.45) is 8.32. The highest BCUT2D eigenvalue weighted by molar-refractivity contribution is 5.74. The van der Waals surface area contributed by atoms with Gasteiger partial charge in [-0.2, -0.15) is 5.10 Å². The van der Waals surface area contributed by atoms with E-state index in [0.29, 0.717) is 12.5 Å². The molecule has 6 heteroatoms. The van der Waals surface area contributed by atoms with Crippen LogP contribution in [-0.4, -0.2) is 40.1 Å². The highest BCUT2D eigenvalue weighted by Crippen LogP contribution is 2.16. The summed E-state index contributed by atoms with van der Waals surface area (Å²) < 4.78 is 1.86. The van der Waals surface area contributed by atoms with Crippen molar-refractivity contribution in [3.8, 4) is 0 Å². The lowest BCUT2D eigenvalue weighted by Crippen LogP contribution is -2.42. The van der Waals surface area contributed by atoms with Crippen molar-refractivity contribution in [2.24, 2.45) is 11.8 Å². The van der Waals surface area contributed by atoms with Crippen molar-refractivity contribution in [2.45, 2.75) is 25.9 Å². The van der Waals surface area contributed by atoms with Crippen LogP contribution in [0.1, 0.15) is 13.3 Å². The zero-order valence-corrected chi connectivity index (χ0v) is 11.7. The van der Waals surface area contributed by atoms with E-state index in [4.69, 9.17) is 5.11 Å². The van der Waals surface area contributed by atoms with Crippen molar-refractivity contribution < 1.29 is 9.90 Å². The van der Waals surface area contributed by atoms with Crippen LogP contribution in [0.5, 0.6) is 0 Å². The molecule has 1 unspecified atom stereocenters. The maximum Gasteiger partial charge on any atom is 0.315 e. The standard InChI is InChI=1S/C14H22N4O2/c1-11(9-18-6-2-5-16-18)8-15-14(20)17-13-4-3-12(7-13)10-19/h2-6,11-13,19H,7-10H2,1H3,(H2,15,17,20)/t11?,12-,13+/m0/s1. The number of hydrogen-bond donors (Lipinski definition) is 3. The molecule has 1 aromatic rings. The SMILES string of the molecule is CC(CNC(=O)N[C@@H]1C=C[C@H](CO)C1)Cn1cccn1. The molecule has 0 fully saturated rings. The summed E-state index contributed by atoms with van der Waals surface area (Å²) in [5.74, 6) is 0.476. The first kappa shape index (κ1) is 14.6. The Kier molecular flexibility index (Phi) is 5.17. The van der Waals surface area contributed by atoms with Crippen LogP contribution in [-0.2, 0) is 6.54 Å². The Hall–Kier alpha value is -1.82. The second-order valence-electron chi connectivity index (χ2n) is 5.36. The molecule has 6 nitrogen and oxygen atoms in total. The molecule has 1 aliphatic carbocycles. The predicted octanol–water partition coefficient (Wildman–Crippen LogP) is 0.755. The summed E-state index contributed by atoms with van der Waals surface area (Å²) >= 11 is 0. The predicted molar refractivity (Wildman–Crippen MR) is 76.0 cm³/mol. The molecule has 20 heavy (non-hydrogen) atoms. The van der Waals surface area contributed by atoms with Crippen LogP contribution in [0, 0.1) is 11.8 Å². The Morgan fingerprint density at radius 1 is 1.55 bits per heavy atom. The van der Waals surface area contributed by atoms with Crippen LogP contribution in [0.2, 0.25) is 0 Å². The Morgan fingerprint density at radius 2 is 2.40 bits per heavy atom. The molecule has 0 bridgehead atoms. The molecule has 0 saturated heterocycles. The molecular formula is C14H22N4O2. The summed E-state index contributed by atoms with van der Waals surface area (Å²) in [4.78, 5) is 11.8. The van der Waals surface area contributed by atoms with E-state index in [1.54, 1.807) is 6.20 Å². The molecule has 0 aromatic carbocycles. The zero-order chi connectivity index (χ0) is 14.4. The number of amides is 2. The van der Waals surface area contributed by atoms with E-state index in [9.17, 15) is 4.79 Å². The van der Waals surface area contributed by atoms with Gasteiger partial charge in [-0.3, -0.25) is 4.68 Å². The van der Waals surface area contributed by atoms with Gasteiger partial charge < -0.3 is 15.7 Å². The largest absolute Gasteiger partial charge is 0.396 e. The Bertz CT molecular complexity index is 444. The van der Waals surface area contributed by atoms with Crippen LogP contribution >= 0.6 is 0 Å². The number of rotatable bonds is 6. The molecule has 0 saturated carbocycles. The molecule has 0 radical (unpaired) electrons. The lowest BCUT2D eigenvalue weighted by Gasteiger charge is -2.16. The number of aliphatic hydroxyl groups excluding tert-OH is 1. The van der Waals surface area contributed by atoms with Gasteiger partial charge in [0.2, 0.25) is 0 Å². The van der Waals surface area contributed by atoms with Gasteiger partial charge in [-0.1, -0.05) is 19.1 Å². The van der Waals surface area contributed by atoms with Crippen molar-refractivity contribution in [3.63, 3.8) is 0 Å². The quantitative estimate of drug-likeness (QED) is 0.672. The third-order valence-corrected chi connectivity index (χ3v) is 3.39. The summed E-state index contributed by atoms with van der Waals surface area (Å²) in [5, 5.41) is 18.9. The maximum atomic E-state index is 11.8. The van der Waals surface area contributed by atoms with E-state index in [1.165, 1.54) is 0 Å². The number of aliphatic hydroxyl groups is 1. The number of hydrogen-bond acceptors (Lipinski definition) is 3. The third kappa shape index (κ3) is 4.38. The van der Waals surface area contributed by atoms with Gasteiger partial charge in [-0.05, 0) is 18.4 Å². The van der Waals surface area contributed by atoms with Crippen molar-refractivity contribution in [1.82, 2.24) is 20.4 Å². The second kappa shape index (κ2) is 7.09. The van der Waals surface area contributed by atoms with Crippen LogP contribution < -0.4 is 10.6 Å². The molecular weight excluding hydrogens is 256 g/mol. The van der Waals surface area contributed by atoms with E-state index < -0.39 is 0 Å². The minimum Gasteiger partial charge on any atom is -0.396 e. The van der Waals surface area contributed by atoms with Crippen LogP contribution in [0.15, 0.2) is 30.6 Å². The maximum absolute atomic E-state index is 11.8. The second-order valence-corrected chi connectivity index (χ2v) is 5.36. The highest BCUT2D eigenvalue weighted by atomic mass is 16.3. The number of carbonyl (C=O) groups is 1. The first-order valence-corrected chi connectivity index (χ1v) is 6.98. The number of nitrogens with zero attached hydrogens (tertiary/aromatic N) is 2. The zero-order valence-electron chi connectivity index (χ0n) is 11.7. The molecule has 1 aromatic heterocycles. The van der Waals surface area contributed by atoms with Crippen molar-refractivity contribution in [2.75, 3.05) is 13.2 Å². The van der Waals surface area contributed by atoms with E-state index >= 15 is 0 Å². The highest BCUT2D eigenvalue weighted by Gasteiger charge is 2.19. The van der Waals surface area contributed by atoms with Gasteiger partial charge in [0.1, 0.15) is 0 Å². The van der Waals surface area contributed by atoms with Gasteiger partial charge in [0.15, 0.2) is 0 Å². The van der Waals surface area contributed by atoms with Gasteiger partial charge in [0, 0.05) is 44.0 Å². The molecule has 3 N–H and O–H groups in total. The smallest absolute Gasteiger partial charge is 0.315 e. The number of carbonyl (C=O) groups excluding carboxylic acids is 1. The van der Waals surface area contributed by atoms with Crippen LogP contribution in [0.3, 0.4) is 0 Å². The summed E-state index contributed by atoms with van der Waals surface area (Å²) in [6.45, 7) is 3.59. The molecule has 3 atom stereocenters. The molecule has 2 amide bonds. The van der Waals surface area contributed by atoms with Crippen molar-refractivity contribution >= 4 is 6.03 Å². The van der Waals surface area contributed by atoms with Crippen molar-refractivity contribution in [1.29, 1.82) is 0 Å². The first-order chi connectivity index (χ1) is 9.67. The monoisotopic (exact) mass is 278 g/mol. The van der Waals surface area contributed by atoms with E-state index in [1.807, 2.05) is 29.1 Å². The topological polar surface area (TPSA) is 79.2 Å². The van der Waals surface area contributed by atoms with Crippen LogP contribution in [0.4, 0.5) is 4.79 Å². The minimum atomic E-state index is -0.162. The number of nitrogens with one attached hydrogen (secondary N) is 2. The molecule has 0 spiro atoms. The minimum absolute atomic E-state index is 0.0218. The molecule has 0 aliphatic heterocycles. The third-order valence-electron chi connectivity index (χ3n) is 3.39. The van der Waals surface area contributed by atoms with Gasteiger partial charge in [0.25, 0.3) is 0 Å². The molecule has 1 aliphatic rings. The first-order valence-electron chi connectivity index (χ1n) is 6.98. The summed E-state index contributed by atoms with van der Waals surface area (Å²) in [5.41, 5.74) is 0. The van der Waals surface area contributed by atoms with Gasteiger partial charge in [-0.25, -0.2) is 4.79 Å². The van der Waals surface area contributed by atoms with Gasteiger partial charge in [-0.15, -0.1) is 0 Å². The van der Waals surface area contributed by atoms with E-state index in [2.05, 4.69) is 22.7 Å². The van der Waals surface area contributed by atoms with E-state index in [0.717, 1.165) is 13.0 Å². The van der Waals surface area contributed by atoms with Crippen LogP contribution in [0.25, 0.3) is 0 Å². The van der Waals surface area contributed by atoms with Crippen molar-refractivity contribution in [3.05, 3.63) is 30.6 Å². The van der Waals surface area contributed by atoms with Gasteiger partial charge >= 0.3 is 6.03 Å². The fraction of sp³-hybridized carbons (Fsp3) is 0.571. The number of aromatic nitrogens is 2. The summed E-state index contributed by atoms with van der Waals surface area (Å²) in [6, 6.07) is 1.75. The summed E-state index contributed by atoms with van der Waals surface area (Å²) in [7, 11) is 0. The Balaban J connectivity index is 1.64. The lowest BCUT2D eigenvalue weighted by molar-refractivity contribution is 0.229.